The average molecular weight is 255 g/mol. The first kappa shape index (κ1) is 13.0. The number of rotatable bonds is 3. The third-order valence-corrected chi connectivity index (χ3v) is 3.20. The van der Waals surface area contributed by atoms with Crippen LogP contribution in [0.15, 0.2) is 18.2 Å². The molecule has 1 aliphatic carbocycles. The topological polar surface area (TPSA) is 40.5 Å². The van der Waals surface area contributed by atoms with Crippen LogP contribution in [0.2, 0.25) is 0 Å². The Morgan fingerprint density at radius 2 is 1.89 bits per heavy atom. The largest absolute Gasteiger partial charge is 0.393 e. The minimum atomic E-state index is -0.759. The number of hydrogen-bond acceptors (Lipinski definition) is 2. The zero-order valence-electron chi connectivity index (χ0n) is 10.1. The van der Waals surface area contributed by atoms with Gasteiger partial charge in [0.2, 0.25) is 0 Å². The maximum absolute atomic E-state index is 13.0. The van der Waals surface area contributed by atoms with E-state index in [-0.39, 0.29) is 17.6 Å². The second-order valence-corrected chi connectivity index (χ2v) is 4.84. The number of hydrogen-bond donors (Lipinski definition) is 1. The number of halogens is 2. The van der Waals surface area contributed by atoms with Gasteiger partial charge in [0.05, 0.1) is 6.10 Å². The van der Waals surface area contributed by atoms with E-state index in [0.29, 0.717) is 19.4 Å². The summed E-state index contributed by atoms with van der Waals surface area (Å²) in [5.74, 6) is -1.65. The predicted octanol–water partition coefficient (Wildman–Crippen LogP) is 1.81. The molecule has 0 unspecified atom stereocenters. The van der Waals surface area contributed by atoms with Gasteiger partial charge in [0, 0.05) is 25.2 Å². The van der Waals surface area contributed by atoms with Crippen molar-refractivity contribution in [2.45, 2.75) is 18.9 Å². The fourth-order valence-electron chi connectivity index (χ4n) is 2.22. The van der Waals surface area contributed by atoms with Crippen molar-refractivity contribution in [3.63, 3.8) is 0 Å². The van der Waals surface area contributed by atoms with Crippen LogP contribution in [-0.4, -0.2) is 35.6 Å². The summed E-state index contributed by atoms with van der Waals surface area (Å²) in [5, 5.41) is 9.16. The molecule has 0 spiro atoms. The quantitative estimate of drug-likeness (QED) is 0.894. The summed E-state index contributed by atoms with van der Waals surface area (Å²) in [6.45, 7) is 0.494. The van der Waals surface area contributed by atoms with Crippen LogP contribution in [0, 0.1) is 17.6 Å². The highest BCUT2D eigenvalue weighted by Crippen LogP contribution is 2.27. The lowest BCUT2D eigenvalue weighted by Crippen LogP contribution is -2.39. The molecule has 1 N–H and O–H groups in total. The number of carbonyl (C=O) groups excluding carboxylic acids is 1. The molecular formula is C13H15F2NO2. The molecule has 1 amide bonds. The second kappa shape index (κ2) is 5.02. The van der Waals surface area contributed by atoms with Crippen molar-refractivity contribution in [1.29, 1.82) is 0 Å². The van der Waals surface area contributed by atoms with Crippen molar-refractivity contribution in [3.05, 3.63) is 35.4 Å². The van der Waals surface area contributed by atoms with Crippen LogP contribution >= 0.6 is 0 Å². The van der Waals surface area contributed by atoms with Crippen LogP contribution in [0.25, 0.3) is 0 Å². The molecule has 3 nitrogen and oxygen atoms in total. The number of amides is 1. The summed E-state index contributed by atoms with van der Waals surface area (Å²) in [4.78, 5) is 13.4. The summed E-state index contributed by atoms with van der Waals surface area (Å²) < 4.78 is 26.0. The van der Waals surface area contributed by atoms with Gasteiger partial charge >= 0.3 is 0 Å². The van der Waals surface area contributed by atoms with Gasteiger partial charge in [-0.3, -0.25) is 4.79 Å². The van der Waals surface area contributed by atoms with E-state index in [2.05, 4.69) is 0 Å². The Hall–Kier alpha value is -1.49. The molecule has 1 saturated carbocycles. The summed E-state index contributed by atoms with van der Waals surface area (Å²) >= 11 is 0. The minimum Gasteiger partial charge on any atom is -0.393 e. The number of aliphatic hydroxyl groups excluding tert-OH is 1. The van der Waals surface area contributed by atoms with Crippen LogP contribution in [0.3, 0.4) is 0 Å². The third kappa shape index (κ3) is 2.85. The van der Waals surface area contributed by atoms with Gasteiger partial charge in [-0.15, -0.1) is 0 Å². The van der Waals surface area contributed by atoms with Crippen molar-refractivity contribution in [2.75, 3.05) is 13.6 Å². The molecule has 2 rings (SSSR count). The smallest absolute Gasteiger partial charge is 0.253 e. The van der Waals surface area contributed by atoms with Crippen molar-refractivity contribution >= 4 is 5.91 Å². The van der Waals surface area contributed by atoms with Gasteiger partial charge in [-0.1, -0.05) is 0 Å². The Labute approximate surface area is 104 Å². The molecule has 0 aromatic heterocycles. The second-order valence-electron chi connectivity index (χ2n) is 4.84. The van der Waals surface area contributed by atoms with Crippen LogP contribution in [0.1, 0.15) is 23.2 Å². The molecule has 18 heavy (non-hydrogen) atoms. The average Bonchev–Trinajstić information content (AvgIpc) is 2.24. The molecule has 0 aliphatic heterocycles. The lowest BCUT2D eigenvalue weighted by molar-refractivity contribution is 0.0265. The molecule has 1 fully saturated rings. The fraction of sp³-hybridized carbons (Fsp3) is 0.462. The number of aliphatic hydroxyl groups is 1. The zero-order chi connectivity index (χ0) is 13.3. The molecule has 1 aromatic carbocycles. The van der Waals surface area contributed by atoms with E-state index in [1.807, 2.05) is 0 Å². The fourth-order valence-corrected chi connectivity index (χ4v) is 2.22. The van der Waals surface area contributed by atoms with E-state index < -0.39 is 17.5 Å². The van der Waals surface area contributed by atoms with Gasteiger partial charge in [0.25, 0.3) is 5.91 Å². The zero-order valence-corrected chi connectivity index (χ0v) is 10.1. The first-order chi connectivity index (χ1) is 8.45. The number of benzene rings is 1. The Bertz CT molecular complexity index is 438. The Morgan fingerprint density at radius 3 is 2.39 bits per heavy atom. The maximum atomic E-state index is 13.0. The molecule has 98 valence electrons. The van der Waals surface area contributed by atoms with Crippen molar-refractivity contribution in [3.8, 4) is 0 Å². The maximum Gasteiger partial charge on any atom is 0.253 e. The molecule has 5 heteroatoms. The SMILES string of the molecule is CN(CC1CC(O)C1)C(=O)c1cc(F)cc(F)c1. The lowest BCUT2D eigenvalue weighted by atomic mass is 9.82. The minimum absolute atomic E-state index is 0.00914. The number of carbonyl (C=O) groups is 1. The molecule has 0 heterocycles. The molecule has 0 radical (unpaired) electrons. The van der Waals surface area contributed by atoms with Crippen LogP contribution in [-0.2, 0) is 0 Å². The molecule has 0 atom stereocenters. The highest BCUT2D eigenvalue weighted by atomic mass is 19.1. The van der Waals surface area contributed by atoms with E-state index in [9.17, 15) is 13.6 Å². The van der Waals surface area contributed by atoms with Gasteiger partial charge in [0.15, 0.2) is 0 Å². The predicted molar refractivity (Wildman–Crippen MR) is 62.0 cm³/mol. The van der Waals surface area contributed by atoms with Crippen molar-refractivity contribution in [2.24, 2.45) is 5.92 Å². The van der Waals surface area contributed by atoms with Crippen LogP contribution < -0.4 is 0 Å². The first-order valence-corrected chi connectivity index (χ1v) is 5.85. The summed E-state index contributed by atoms with van der Waals surface area (Å²) in [5.41, 5.74) is 0.00914. The van der Waals surface area contributed by atoms with Crippen LogP contribution in [0.5, 0.6) is 0 Å². The van der Waals surface area contributed by atoms with E-state index in [1.54, 1.807) is 7.05 Å². The van der Waals surface area contributed by atoms with E-state index in [4.69, 9.17) is 5.11 Å². The first-order valence-electron chi connectivity index (χ1n) is 5.85. The Morgan fingerprint density at radius 1 is 1.33 bits per heavy atom. The standard InChI is InChI=1S/C13H15F2NO2/c1-16(7-8-2-12(17)3-8)13(18)9-4-10(14)6-11(15)5-9/h4-6,8,12,17H,2-3,7H2,1H3. The summed E-state index contributed by atoms with van der Waals surface area (Å²) in [7, 11) is 1.59. The van der Waals surface area contributed by atoms with Gasteiger partial charge in [-0.2, -0.15) is 0 Å². The Kier molecular flexibility index (Phi) is 3.61. The van der Waals surface area contributed by atoms with Gasteiger partial charge in [-0.05, 0) is 30.9 Å². The van der Waals surface area contributed by atoms with E-state index >= 15 is 0 Å². The van der Waals surface area contributed by atoms with Crippen molar-refractivity contribution in [1.82, 2.24) is 4.90 Å². The van der Waals surface area contributed by atoms with Gasteiger partial charge in [0.1, 0.15) is 11.6 Å². The van der Waals surface area contributed by atoms with Crippen LogP contribution in [0.4, 0.5) is 8.78 Å². The lowest BCUT2D eigenvalue weighted by Gasteiger charge is -2.34. The monoisotopic (exact) mass is 255 g/mol. The molecule has 1 aromatic rings. The molecular weight excluding hydrogens is 240 g/mol. The summed E-state index contributed by atoms with van der Waals surface area (Å²) in [6.07, 6.45) is 1.08. The third-order valence-electron chi connectivity index (χ3n) is 3.20. The number of nitrogens with zero attached hydrogens (tertiary/aromatic N) is 1. The highest BCUT2D eigenvalue weighted by molar-refractivity contribution is 5.94. The molecule has 1 aliphatic rings. The Balaban J connectivity index is 2.01. The molecule has 0 saturated heterocycles. The normalized spacial score (nSPS) is 22.4. The summed E-state index contributed by atoms with van der Waals surface area (Å²) in [6, 6.07) is 2.79. The highest BCUT2D eigenvalue weighted by Gasteiger charge is 2.29. The van der Waals surface area contributed by atoms with Gasteiger partial charge in [-0.25, -0.2) is 8.78 Å². The van der Waals surface area contributed by atoms with Gasteiger partial charge < -0.3 is 10.0 Å². The van der Waals surface area contributed by atoms with E-state index in [0.717, 1.165) is 18.2 Å². The van der Waals surface area contributed by atoms with Crippen molar-refractivity contribution < 1.29 is 18.7 Å². The van der Waals surface area contributed by atoms with E-state index in [1.165, 1.54) is 4.90 Å². The molecule has 0 bridgehead atoms.